The highest BCUT2D eigenvalue weighted by Crippen LogP contribution is 2.29. The van der Waals surface area contributed by atoms with Crippen LogP contribution in [0.25, 0.3) is 22.9 Å². The number of fused-ring (bicyclic) bond motifs is 1. The molecule has 0 heterocycles. The molecule has 0 saturated carbocycles. The molecule has 0 aliphatic rings. The van der Waals surface area contributed by atoms with E-state index in [2.05, 4.69) is 101 Å². The van der Waals surface area contributed by atoms with Gasteiger partial charge in [-0.1, -0.05) is 101 Å². The van der Waals surface area contributed by atoms with E-state index in [1.165, 1.54) is 33.0 Å². The van der Waals surface area contributed by atoms with Crippen molar-refractivity contribution in [3.8, 4) is 0 Å². The molecule has 24 heavy (non-hydrogen) atoms. The van der Waals surface area contributed by atoms with E-state index in [1.54, 1.807) is 0 Å². The molecule has 0 heteroatoms. The maximum absolute atomic E-state index is 2.27. The molecule has 0 fully saturated rings. The fourth-order valence-corrected chi connectivity index (χ4v) is 3.17. The third kappa shape index (κ3) is 3.43. The van der Waals surface area contributed by atoms with Crippen molar-refractivity contribution in [2.75, 3.05) is 0 Å². The van der Waals surface area contributed by atoms with E-state index in [4.69, 9.17) is 0 Å². The molecule has 0 N–H and O–H groups in total. The lowest BCUT2D eigenvalue weighted by Crippen LogP contribution is -1.91. The summed E-state index contributed by atoms with van der Waals surface area (Å²) in [5.41, 5.74) is 5.34. The molecule has 0 amide bonds. The normalized spacial score (nSPS) is 11.9. The van der Waals surface area contributed by atoms with Crippen LogP contribution in [0, 0.1) is 0 Å². The Labute approximate surface area is 145 Å². The van der Waals surface area contributed by atoms with E-state index < -0.39 is 0 Å². The van der Waals surface area contributed by atoms with Crippen LogP contribution in [0.3, 0.4) is 0 Å². The predicted molar refractivity (Wildman–Crippen MR) is 107 cm³/mol. The molecule has 3 rings (SSSR count). The van der Waals surface area contributed by atoms with Crippen molar-refractivity contribution in [1.29, 1.82) is 0 Å². The maximum Gasteiger partial charge on any atom is -0.0109 e. The van der Waals surface area contributed by atoms with Gasteiger partial charge in [-0.25, -0.2) is 0 Å². The lowest BCUT2D eigenvalue weighted by molar-refractivity contribution is 0.866. The summed E-state index contributed by atoms with van der Waals surface area (Å²) in [5, 5.41) is 2.70. The molecular formula is C24H26. The largest absolute Gasteiger partial charge is 0.0616 e. The maximum atomic E-state index is 2.27. The second-order valence-corrected chi connectivity index (χ2v) is 7.10. The minimum Gasteiger partial charge on any atom is -0.0616 e. The van der Waals surface area contributed by atoms with Gasteiger partial charge in [-0.3, -0.25) is 0 Å². The molecule has 0 radical (unpaired) electrons. The van der Waals surface area contributed by atoms with Crippen LogP contribution in [-0.2, 0) is 0 Å². The van der Waals surface area contributed by atoms with E-state index >= 15 is 0 Å². The molecule has 0 aliphatic heterocycles. The topological polar surface area (TPSA) is 0 Å². The molecule has 122 valence electrons. The first-order valence-electron chi connectivity index (χ1n) is 8.86. The Bertz CT molecular complexity index is 849. The zero-order valence-electron chi connectivity index (χ0n) is 15.1. The molecule has 0 bridgehead atoms. The van der Waals surface area contributed by atoms with E-state index in [1.807, 2.05) is 0 Å². The standard InChI is InChI=1S/C24H26/c1-17(2)20-12-9-19(10-13-20)11-14-21-15-16-22(18(3)4)24-8-6-5-7-23(21)24/h5-18H,1-4H3. The first-order chi connectivity index (χ1) is 11.6. The van der Waals surface area contributed by atoms with Crippen molar-refractivity contribution < 1.29 is 0 Å². The monoisotopic (exact) mass is 314 g/mol. The summed E-state index contributed by atoms with van der Waals surface area (Å²) in [6.45, 7) is 8.97. The van der Waals surface area contributed by atoms with Gasteiger partial charge in [-0.2, -0.15) is 0 Å². The van der Waals surface area contributed by atoms with Gasteiger partial charge >= 0.3 is 0 Å². The number of hydrogen-bond acceptors (Lipinski definition) is 0. The first-order valence-corrected chi connectivity index (χ1v) is 8.86. The molecule has 0 aromatic heterocycles. The summed E-state index contributed by atoms with van der Waals surface area (Å²) < 4.78 is 0. The van der Waals surface area contributed by atoms with Crippen molar-refractivity contribution in [2.24, 2.45) is 0 Å². The Balaban J connectivity index is 1.97. The Morgan fingerprint density at radius 2 is 1.29 bits per heavy atom. The smallest absolute Gasteiger partial charge is 0.0109 e. The SMILES string of the molecule is CC(C)c1ccc(C=Cc2ccc(C(C)C)c3ccccc23)cc1. The highest BCUT2D eigenvalue weighted by atomic mass is 14.1. The summed E-state index contributed by atoms with van der Waals surface area (Å²) in [6, 6.07) is 22.1. The molecule has 0 spiro atoms. The fraction of sp³-hybridized carbons (Fsp3) is 0.250. The molecule has 3 aromatic carbocycles. The van der Waals surface area contributed by atoms with Crippen LogP contribution in [0.1, 0.15) is 61.8 Å². The van der Waals surface area contributed by atoms with E-state index in [9.17, 15) is 0 Å². The minimum absolute atomic E-state index is 0.538. The predicted octanol–water partition coefficient (Wildman–Crippen LogP) is 7.26. The average Bonchev–Trinajstić information content (AvgIpc) is 2.59. The zero-order chi connectivity index (χ0) is 17.1. The number of benzene rings is 3. The first kappa shape index (κ1) is 16.5. The van der Waals surface area contributed by atoms with Gasteiger partial charge in [0, 0.05) is 0 Å². The Hall–Kier alpha value is -2.34. The lowest BCUT2D eigenvalue weighted by atomic mass is 9.93. The van der Waals surface area contributed by atoms with Gasteiger partial charge in [-0.05, 0) is 44.9 Å². The van der Waals surface area contributed by atoms with Crippen molar-refractivity contribution in [3.63, 3.8) is 0 Å². The van der Waals surface area contributed by atoms with Crippen LogP contribution < -0.4 is 0 Å². The van der Waals surface area contributed by atoms with Crippen molar-refractivity contribution >= 4 is 22.9 Å². The third-order valence-corrected chi connectivity index (χ3v) is 4.67. The van der Waals surface area contributed by atoms with Gasteiger partial charge in [0.1, 0.15) is 0 Å². The van der Waals surface area contributed by atoms with Crippen LogP contribution in [0.15, 0.2) is 60.7 Å². The Morgan fingerprint density at radius 1 is 0.625 bits per heavy atom. The number of hydrogen-bond donors (Lipinski definition) is 0. The van der Waals surface area contributed by atoms with E-state index in [0.717, 1.165) is 0 Å². The lowest BCUT2D eigenvalue weighted by Gasteiger charge is -2.12. The van der Waals surface area contributed by atoms with Crippen LogP contribution in [0.2, 0.25) is 0 Å². The van der Waals surface area contributed by atoms with Crippen molar-refractivity contribution in [2.45, 2.75) is 39.5 Å². The highest BCUT2D eigenvalue weighted by molar-refractivity contribution is 5.95. The molecule has 0 nitrogen and oxygen atoms in total. The summed E-state index contributed by atoms with van der Waals surface area (Å²) in [6.07, 6.45) is 4.44. The van der Waals surface area contributed by atoms with Gasteiger partial charge in [0.2, 0.25) is 0 Å². The van der Waals surface area contributed by atoms with Crippen LogP contribution in [0.5, 0.6) is 0 Å². The molecule has 3 aromatic rings. The van der Waals surface area contributed by atoms with Gasteiger partial charge < -0.3 is 0 Å². The van der Waals surface area contributed by atoms with Crippen molar-refractivity contribution in [1.82, 2.24) is 0 Å². The molecule has 0 unspecified atom stereocenters. The molecule has 0 atom stereocenters. The Morgan fingerprint density at radius 3 is 1.92 bits per heavy atom. The van der Waals surface area contributed by atoms with Gasteiger partial charge in [0.15, 0.2) is 0 Å². The van der Waals surface area contributed by atoms with E-state index in [-0.39, 0.29) is 0 Å². The van der Waals surface area contributed by atoms with Gasteiger partial charge in [-0.15, -0.1) is 0 Å². The van der Waals surface area contributed by atoms with Crippen molar-refractivity contribution in [3.05, 3.63) is 82.9 Å². The van der Waals surface area contributed by atoms with Crippen LogP contribution in [-0.4, -0.2) is 0 Å². The summed E-state index contributed by atoms with van der Waals surface area (Å²) >= 11 is 0. The third-order valence-electron chi connectivity index (χ3n) is 4.67. The quantitative estimate of drug-likeness (QED) is 0.445. The highest BCUT2D eigenvalue weighted by Gasteiger charge is 2.07. The fourth-order valence-electron chi connectivity index (χ4n) is 3.17. The number of rotatable bonds is 4. The second kappa shape index (κ2) is 7.05. The van der Waals surface area contributed by atoms with E-state index in [0.29, 0.717) is 11.8 Å². The van der Waals surface area contributed by atoms with Crippen LogP contribution >= 0.6 is 0 Å². The minimum atomic E-state index is 0.538. The average molecular weight is 314 g/mol. The summed E-state index contributed by atoms with van der Waals surface area (Å²) in [4.78, 5) is 0. The van der Waals surface area contributed by atoms with Gasteiger partial charge in [0.05, 0.1) is 0 Å². The summed E-state index contributed by atoms with van der Waals surface area (Å²) in [5.74, 6) is 1.12. The second-order valence-electron chi connectivity index (χ2n) is 7.10. The zero-order valence-corrected chi connectivity index (χ0v) is 15.1. The Kier molecular flexibility index (Phi) is 4.85. The summed E-state index contributed by atoms with van der Waals surface area (Å²) in [7, 11) is 0. The van der Waals surface area contributed by atoms with Crippen LogP contribution in [0.4, 0.5) is 0 Å². The molecule has 0 aliphatic carbocycles. The molecular weight excluding hydrogens is 288 g/mol. The van der Waals surface area contributed by atoms with Gasteiger partial charge in [0.25, 0.3) is 0 Å². The molecule has 0 saturated heterocycles.